The molecule has 1 heterocycles. The molecule has 5 heteroatoms. The van der Waals surface area contributed by atoms with Gasteiger partial charge in [0.1, 0.15) is 5.75 Å². The highest BCUT2D eigenvalue weighted by Crippen LogP contribution is 2.27. The SMILES string of the molecule is CNC1(C)CCN(C(=O)c2ccc(Br)cc2O)CC1. The summed E-state index contributed by atoms with van der Waals surface area (Å²) in [6.07, 6.45) is 1.85. The largest absolute Gasteiger partial charge is 0.507 e. The van der Waals surface area contributed by atoms with Crippen LogP contribution in [0.2, 0.25) is 0 Å². The summed E-state index contributed by atoms with van der Waals surface area (Å²) < 4.78 is 0.767. The van der Waals surface area contributed by atoms with Crippen molar-refractivity contribution in [2.45, 2.75) is 25.3 Å². The number of phenolic OH excluding ortho intramolecular Hbond substituents is 1. The number of likely N-dealkylation sites (tertiary alicyclic amines) is 1. The molecule has 0 saturated carbocycles. The van der Waals surface area contributed by atoms with Crippen molar-refractivity contribution in [2.24, 2.45) is 0 Å². The maximum absolute atomic E-state index is 12.4. The molecule has 0 aromatic heterocycles. The number of hydrogen-bond acceptors (Lipinski definition) is 3. The standard InChI is InChI=1S/C14H19BrN2O2/c1-14(16-2)5-7-17(8-6-14)13(19)11-4-3-10(15)9-12(11)18/h3-4,9,16,18H,5-8H2,1-2H3. The fourth-order valence-corrected chi connectivity index (χ4v) is 2.66. The zero-order chi connectivity index (χ0) is 14.0. The van der Waals surface area contributed by atoms with Crippen LogP contribution < -0.4 is 5.32 Å². The lowest BCUT2D eigenvalue weighted by Gasteiger charge is -2.39. The summed E-state index contributed by atoms with van der Waals surface area (Å²) in [6.45, 7) is 3.60. The highest BCUT2D eigenvalue weighted by Gasteiger charge is 2.31. The van der Waals surface area contributed by atoms with Crippen LogP contribution in [-0.4, -0.2) is 41.6 Å². The second-order valence-corrected chi connectivity index (χ2v) is 6.18. The summed E-state index contributed by atoms with van der Waals surface area (Å²) in [6, 6.07) is 4.98. The van der Waals surface area contributed by atoms with Crippen LogP contribution >= 0.6 is 15.9 Å². The first-order chi connectivity index (χ1) is 8.95. The van der Waals surface area contributed by atoms with E-state index < -0.39 is 0 Å². The highest BCUT2D eigenvalue weighted by molar-refractivity contribution is 9.10. The molecule has 0 aliphatic carbocycles. The van der Waals surface area contributed by atoms with E-state index in [0.717, 1.165) is 17.3 Å². The number of nitrogens with one attached hydrogen (secondary N) is 1. The zero-order valence-electron chi connectivity index (χ0n) is 11.2. The fraction of sp³-hybridized carbons (Fsp3) is 0.500. The monoisotopic (exact) mass is 326 g/mol. The van der Waals surface area contributed by atoms with E-state index in [1.54, 1.807) is 18.2 Å². The molecule has 0 bridgehead atoms. The Hall–Kier alpha value is -1.07. The lowest BCUT2D eigenvalue weighted by Crippen LogP contribution is -2.51. The van der Waals surface area contributed by atoms with Crippen LogP contribution in [0.4, 0.5) is 0 Å². The number of amides is 1. The first kappa shape index (κ1) is 14.3. The molecule has 1 aliphatic rings. The minimum absolute atomic E-state index is 0.0290. The van der Waals surface area contributed by atoms with Gasteiger partial charge >= 0.3 is 0 Å². The molecule has 0 unspecified atom stereocenters. The number of hydrogen-bond donors (Lipinski definition) is 2. The fourth-order valence-electron chi connectivity index (χ4n) is 2.31. The molecule has 1 aromatic carbocycles. The Labute approximate surface area is 121 Å². The Morgan fingerprint density at radius 1 is 1.42 bits per heavy atom. The van der Waals surface area contributed by atoms with E-state index in [4.69, 9.17) is 0 Å². The van der Waals surface area contributed by atoms with E-state index in [9.17, 15) is 9.90 Å². The van der Waals surface area contributed by atoms with E-state index >= 15 is 0 Å². The number of piperidine rings is 1. The summed E-state index contributed by atoms with van der Waals surface area (Å²) in [5.41, 5.74) is 0.481. The van der Waals surface area contributed by atoms with Gasteiger partial charge in [0, 0.05) is 23.1 Å². The molecule has 2 N–H and O–H groups in total. The van der Waals surface area contributed by atoms with Gasteiger partial charge in [-0.3, -0.25) is 4.79 Å². The van der Waals surface area contributed by atoms with E-state index in [-0.39, 0.29) is 17.2 Å². The van der Waals surface area contributed by atoms with Gasteiger partial charge in [-0.2, -0.15) is 0 Å². The van der Waals surface area contributed by atoms with E-state index in [2.05, 4.69) is 28.2 Å². The third-order valence-electron chi connectivity index (χ3n) is 3.95. The lowest BCUT2D eigenvalue weighted by molar-refractivity contribution is 0.0659. The van der Waals surface area contributed by atoms with Crippen LogP contribution in [0.3, 0.4) is 0 Å². The van der Waals surface area contributed by atoms with Crippen LogP contribution in [0.15, 0.2) is 22.7 Å². The zero-order valence-corrected chi connectivity index (χ0v) is 12.8. The van der Waals surface area contributed by atoms with Crippen molar-refractivity contribution in [1.82, 2.24) is 10.2 Å². The van der Waals surface area contributed by atoms with Crippen molar-refractivity contribution in [3.63, 3.8) is 0 Å². The van der Waals surface area contributed by atoms with Gasteiger partial charge in [0.05, 0.1) is 5.56 Å². The molecule has 104 valence electrons. The van der Waals surface area contributed by atoms with E-state index in [1.807, 2.05) is 11.9 Å². The Morgan fingerprint density at radius 2 is 2.05 bits per heavy atom. The van der Waals surface area contributed by atoms with Crippen LogP contribution in [0.1, 0.15) is 30.1 Å². The molecule has 1 aromatic rings. The molecule has 0 spiro atoms. The Morgan fingerprint density at radius 3 is 2.58 bits per heavy atom. The smallest absolute Gasteiger partial charge is 0.257 e. The van der Waals surface area contributed by atoms with Gasteiger partial charge in [-0.1, -0.05) is 15.9 Å². The van der Waals surface area contributed by atoms with Crippen molar-refractivity contribution < 1.29 is 9.90 Å². The lowest BCUT2D eigenvalue weighted by atomic mass is 9.89. The predicted molar refractivity (Wildman–Crippen MR) is 78.4 cm³/mol. The molecular formula is C14H19BrN2O2. The molecule has 1 amide bonds. The predicted octanol–water partition coefficient (Wildman–Crippen LogP) is 2.37. The molecular weight excluding hydrogens is 308 g/mol. The number of nitrogens with zero attached hydrogens (tertiary/aromatic N) is 1. The second kappa shape index (κ2) is 5.51. The molecule has 19 heavy (non-hydrogen) atoms. The maximum Gasteiger partial charge on any atom is 0.257 e. The van der Waals surface area contributed by atoms with Crippen LogP contribution in [0.25, 0.3) is 0 Å². The molecule has 0 radical (unpaired) electrons. The first-order valence-electron chi connectivity index (χ1n) is 6.42. The molecule has 2 rings (SSSR count). The van der Waals surface area contributed by atoms with Crippen LogP contribution in [0, 0.1) is 0 Å². The van der Waals surface area contributed by atoms with Crippen LogP contribution in [0.5, 0.6) is 5.75 Å². The van der Waals surface area contributed by atoms with Gasteiger partial charge in [0.2, 0.25) is 0 Å². The number of rotatable bonds is 2. The highest BCUT2D eigenvalue weighted by atomic mass is 79.9. The molecule has 1 aliphatic heterocycles. The van der Waals surface area contributed by atoms with Crippen molar-refractivity contribution in [3.05, 3.63) is 28.2 Å². The summed E-state index contributed by atoms with van der Waals surface area (Å²) in [5.74, 6) is -0.0653. The molecule has 4 nitrogen and oxygen atoms in total. The Kier molecular flexibility index (Phi) is 4.16. The third kappa shape index (κ3) is 3.09. The average molecular weight is 327 g/mol. The number of benzene rings is 1. The van der Waals surface area contributed by atoms with E-state index in [0.29, 0.717) is 18.7 Å². The van der Waals surface area contributed by atoms with Gasteiger partial charge < -0.3 is 15.3 Å². The number of aromatic hydroxyl groups is 1. The van der Waals surface area contributed by atoms with E-state index in [1.165, 1.54) is 0 Å². The summed E-state index contributed by atoms with van der Waals surface area (Å²) in [5, 5.41) is 13.2. The van der Waals surface area contributed by atoms with Gasteiger partial charge in [0.15, 0.2) is 0 Å². The first-order valence-corrected chi connectivity index (χ1v) is 7.21. The number of phenols is 1. The minimum atomic E-state index is -0.0943. The second-order valence-electron chi connectivity index (χ2n) is 5.26. The number of carbonyl (C=O) groups excluding carboxylic acids is 1. The molecule has 1 saturated heterocycles. The maximum atomic E-state index is 12.4. The molecule has 0 atom stereocenters. The van der Waals surface area contributed by atoms with Crippen molar-refractivity contribution in [2.75, 3.05) is 20.1 Å². The van der Waals surface area contributed by atoms with Crippen LogP contribution in [-0.2, 0) is 0 Å². The van der Waals surface area contributed by atoms with Crippen molar-refractivity contribution in [1.29, 1.82) is 0 Å². The van der Waals surface area contributed by atoms with Crippen molar-refractivity contribution in [3.8, 4) is 5.75 Å². The third-order valence-corrected chi connectivity index (χ3v) is 4.44. The van der Waals surface area contributed by atoms with Gasteiger partial charge in [-0.15, -0.1) is 0 Å². The Bertz CT molecular complexity index is 482. The van der Waals surface area contributed by atoms with Crippen molar-refractivity contribution >= 4 is 21.8 Å². The quantitative estimate of drug-likeness (QED) is 0.877. The summed E-state index contributed by atoms with van der Waals surface area (Å²) in [7, 11) is 1.96. The molecule has 1 fully saturated rings. The number of halogens is 1. The van der Waals surface area contributed by atoms with Gasteiger partial charge in [-0.25, -0.2) is 0 Å². The summed E-state index contributed by atoms with van der Waals surface area (Å²) >= 11 is 3.27. The summed E-state index contributed by atoms with van der Waals surface area (Å²) in [4.78, 5) is 14.2. The van der Waals surface area contributed by atoms with Gasteiger partial charge in [0.25, 0.3) is 5.91 Å². The number of carbonyl (C=O) groups is 1. The minimum Gasteiger partial charge on any atom is -0.507 e. The Balaban J connectivity index is 2.09. The topological polar surface area (TPSA) is 52.6 Å². The normalized spacial score (nSPS) is 18.4. The van der Waals surface area contributed by atoms with Gasteiger partial charge in [-0.05, 0) is 45.0 Å². The average Bonchev–Trinajstić information content (AvgIpc) is 2.39.